The molecule has 0 aliphatic rings. The van der Waals surface area contributed by atoms with Crippen molar-refractivity contribution in [3.63, 3.8) is 0 Å². The Morgan fingerprint density at radius 3 is 2.51 bits per heavy atom. The number of pyridine rings is 2. The van der Waals surface area contributed by atoms with Gasteiger partial charge < -0.3 is 10.6 Å². The summed E-state index contributed by atoms with van der Waals surface area (Å²) in [7, 11) is 0. The lowest BCUT2D eigenvalue weighted by atomic mass is 10.0. The van der Waals surface area contributed by atoms with Gasteiger partial charge in [0.25, 0.3) is 0 Å². The Bertz CT molecular complexity index is 1900. The summed E-state index contributed by atoms with van der Waals surface area (Å²) in [5.41, 5.74) is 5.51. The molecule has 2 N–H and O–H groups in total. The fourth-order valence-corrected chi connectivity index (χ4v) is 5.31. The van der Waals surface area contributed by atoms with Crippen LogP contribution in [0.1, 0.15) is 47.8 Å². The van der Waals surface area contributed by atoms with Crippen molar-refractivity contribution in [1.29, 1.82) is 5.26 Å². The number of nitriles is 1. The topological polar surface area (TPSA) is 104 Å². The van der Waals surface area contributed by atoms with E-state index < -0.39 is 6.04 Å². The molecule has 0 fully saturated rings. The van der Waals surface area contributed by atoms with Crippen LogP contribution in [-0.2, 0) is 0 Å². The van der Waals surface area contributed by atoms with Crippen molar-refractivity contribution in [1.82, 2.24) is 25.0 Å². The number of halogens is 2. The smallest absolute Gasteiger partial charge is 0.123 e. The zero-order valence-electron chi connectivity index (χ0n) is 23.1. The molecule has 6 rings (SSSR count). The predicted molar refractivity (Wildman–Crippen MR) is 166 cm³/mol. The van der Waals surface area contributed by atoms with E-state index in [1.807, 2.05) is 36.4 Å². The molecule has 2 unspecified atom stereocenters. The highest BCUT2D eigenvalue weighted by Crippen LogP contribution is 2.37. The highest BCUT2D eigenvalue weighted by molar-refractivity contribution is 6.35. The summed E-state index contributed by atoms with van der Waals surface area (Å²) >= 11 is 6.80. The van der Waals surface area contributed by atoms with E-state index in [2.05, 4.69) is 56.0 Å². The molecule has 0 bridgehead atoms. The van der Waals surface area contributed by atoms with Gasteiger partial charge in [-0.05, 0) is 53.9 Å². The van der Waals surface area contributed by atoms with E-state index in [4.69, 9.17) is 11.6 Å². The van der Waals surface area contributed by atoms with E-state index in [9.17, 15) is 9.65 Å². The van der Waals surface area contributed by atoms with Crippen LogP contribution in [0.5, 0.6) is 0 Å². The van der Waals surface area contributed by atoms with E-state index >= 15 is 0 Å². The molecule has 0 amide bonds. The minimum Gasteiger partial charge on any atom is -0.377 e. The fourth-order valence-electron chi connectivity index (χ4n) is 5.04. The third kappa shape index (κ3) is 5.87. The van der Waals surface area contributed by atoms with Crippen LogP contribution in [-0.4, -0.2) is 25.0 Å². The molecular weight excluding hydrogens is 563 g/mol. The summed E-state index contributed by atoms with van der Waals surface area (Å²) < 4.78 is 15.5. The van der Waals surface area contributed by atoms with Crippen molar-refractivity contribution in [3.8, 4) is 11.8 Å². The molecule has 43 heavy (non-hydrogen) atoms. The van der Waals surface area contributed by atoms with Crippen LogP contribution >= 0.6 is 11.6 Å². The zero-order valence-corrected chi connectivity index (χ0v) is 23.9. The molecule has 0 aliphatic carbocycles. The monoisotopic (exact) mass is 588 g/mol. The maximum Gasteiger partial charge on any atom is 0.123 e. The Kier molecular flexibility index (Phi) is 7.94. The summed E-state index contributed by atoms with van der Waals surface area (Å²) in [6.07, 6.45) is 7.51. The van der Waals surface area contributed by atoms with Gasteiger partial charge in [-0.1, -0.05) is 66.2 Å². The van der Waals surface area contributed by atoms with Crippen LogP contribution in [0.4, 0.5) is 15.8 Å². The van der Waals surface area contributed by atoms with Gasteiger partial charge in [-0.15, -0.1) is 5.10 Å². The summed E-state index contributed by atoms with van der Waals surface area (Å²) in [6, 6.07) is 25.4. The van der Waals surface area contributed by atoms with Gasteiger partial charge in [0.15, 0.2) is 0 Å². The average molecular weight is 589 g/mol. The summed E-state index contributed by atoms with van der Waals surface area (Å²) in [4.78, 5) is 8.67. The standard InChI is InChI=1S/C33H26ClFN8/c1-2-29(21-7-4-3-5-8-21)40-31-23(17-36)18-38-33-27(31)15-25(16-28(33)34)39-32(22-10-12-24(35)13-11-22)30-20-43(42-41-30)26-9-6-14-37-19-26/h3-16,18-20,29,32,39H,2H2,1H3,(H,38,40). The highest BCUT2D eigenvalue weighted by Gasteiger charge is 2.21. The normalized spacial score (nSPS) is 12.4. The fraction of sp³-hybridized carbons (Fsp3) is 0.121. The molecule has 3 aromatic carbocycles. The Morgan fingerprint density at radius 2 is 1.79 bits per heavy atom. The van der Waals surface area contributed by atoms with Crippen LogP contribution in [0, 0.1) is 17.1 Å². The maximum atomic E-state index is 13.9. The first-order valence-electron chi connectivity index (χ1n) is 13.7. The lowest BCUT2D eigenvalue weighted by Crippen LogP contribution is -2.14. The molecule has 0 radical (unpaired) electrons. The number of rotatable bonds is 9. The van der Waals surface area contributed by atoms with E-state index in [1.54, 1.807) is 47.7 Å². The van der Waals surface area contributed by atoms with Crippen molar-refractivity contribution in [2.45, 2.75) is 25.4 Å². The van der Waals surface area contributed by atoms with Gasteiger partial charge in [0.2, 0.25) is 0 Å². The third-order valence-corrected chi connectivity index (χ3v) is 7.49. The molecule has 0 spiro atoms. The van der Waals surface area contributed by atoms with Gasteiger partial charge in [-0.2, -0.15) is 5.26 Å². The number of anilines is 2. The maximum absolute atomic E-state index is 13.9. The Labute approximate surface area is 252 Å². The number of nitrogens with zero attached hydrogens (tertiary/aromatic N) is 6. The van der Waals surface area contributed by atoms with Crippen molar-refractivity contribution in [2.24, 2.45) is 0 Å². The molecule has 8 nitrogen and oxygen atoms in total. The van der Waals surface area contributed by atoms with Crippen LogP contribution in [0.3, 0.4) is 0 Å². The first kappa shape index (κ1) is 27.8. The van der Waals surface area contributed by atoms with E-state index in [-0.39, 0.29) is 11.9 Å². The summed E-state index contributed by atoms with van der Waals surface area (Å²) in [5, 5.41) is 26.9. The molecule has 6 aromatic rings. The van der Waals surface area contributed by atoms with Crippen molar-refractivity contribution in [2.75, 3.05) is 10.6 Å². The van der Waals surface area contributed by atoms with Crippen molar-refractivity contribution < 1.29 is 4.39 Å². The molecule has 3 heterocycles. The largest absolute Gasteiger partial charge is 0.377 e. The first-order valence-corrected chi connectivity index (χ1v) is 14.1. The number of nitrogens with one attached hydrogen (secondary N) is 2. The van der Waals surface area contributed by atoms with Gasteiger partial charge >= 0.3 is 0 Å². The molecule has 0 saturated carbocycles. The van der Waals surface area contributed by atoms with Gasteiger partial charge in [0.1, 0.15) is 17.6 Å². The molecule has 10 heteroatoms. The highest BCUT2D eigenvalue weighted by atomic mass is 35.5. The quantitative estimate of drug-likeness (QED) is 0.179. The van der Waals surface area contributed by atoms with E-state index in [1.165, 1.54) is 12.1 Å². The Hall–Kier alpha value is -5.33. The van der Waals surface area contributed by atoms with Crippen LogP contribution in [0.2, 0.25) is 5.02 Å². The number of hydrogen-bond acceptors (Lipinski definition) is 7. The van der Waals surface area contributed by atoms with E-state index in [0.29, 0.717) is 38.6 Å². The second-order valence-corrected chi connectivity index (χ2v) is 10.4. The SMILES string of the molecule is CCC(Nc1c(C#N)cnc2c(Cl)cc(NC(c3ccc(F)cc3)c3cn(-c4cccnc4)nn3)cc12)c1ccccc1. The average Bonchev–Trinajstić information content (AvgIpc) is 3.54. The molecule has 212 valence electrons. The molecule has 3 aromatic heterocycles. The minimum absolute atomic E-state index is 0.0382. The van der Waals surface area contributed by atoms with Crippen LogP contribution in [0.25, 0.3) is 16.6 Å². The minimum atomic E-state index is -0.504. The van der Waals surface area contributed by atoms with E-state index in [0.717, 1.165) is 23.2 Å². The first-order chi connectivity index (χ1) is 21.0. The van der Waals surface area contributed by atoms with Gasteiger partial charge in [0, 0.05) is 23.5 Å². The summed E-state index contributed by atoms with van der Waals surface area (Å²) in [6.45, 7) is 2.09. The number of fused-ring (bicyclic) bond motifs is 1. The Balaban J connectivity index is 1.43. The molecule has 2 atom stereocenters. The predicted octanol–water partition coefficient (Wildman–Crippen LogP) is 7.64. The molecule has 0 saturated heterocycles. The van der Waals surface area contributed by atoms with Gasteiger partial charge in [-0.25, -0.2) is 9.07 Å². The van der Waals surface area contributed by atoms with Crippen molar-refractivity contribution in [3.05, 3.63) is 137 Å². The molecule has 0 aliphatic heterocycles. The number of hydrogen-bond donors (Lipinski definition) is 2. The lowest BCUT2D eigenvalue weighted by molar-refractivity contribution is 0.626. The van der Waals surface area contributed by atoms with Gasteiger partial charge in [0.05, 0.1) is 52.0 Å². The van der Waals surface area contributed by atoms with Crippen LogP contribution in [0.15, 0.2) is 104 Å². The van der Waals surface area contributed by atoms with Crippen LogP contribution < -0.4 is 10.6 Å². The molecular formula is C33H26ClFN8. The Morgan fingerprint density at radius 1 is 0.977 bits per heavy atom. The second kappa shape index (κ2) is 12.3. The lowest BCUT2D eigenvalue weighted by Gasteiger charge is -2.22. The van der Waals surface area contributed by atoms with Crippen molar-refractivity contribution >= 4 is 33.9 Å². The zero-order chi connectivity index (χ0) is 29.8. The number of aromatic nitrogens is 5. The second-order valence-electron chi connectivity index (χ2n) is 9.96. The third-order valence-electron chi connectivity index (χ3n) is 7.21. The summed E-state index contributed by atoms with van der Waals surface area (Å²) in [5.74, 6) is -0.343. The van der Waals surface area contributed by atoms with Gasteiger partial charge in [-0.3, -0.25) is 9.97 Å². The number of benzene rings is 3.